The second-order valence-electron chi connectivity index (χ2n) is 13.9. The van der Waals surface area contributed by atoms with Gasteiger partial charge in [-0.3, -0.25) is 9.59 Å². The Hall–Kier alpha value is -7.43. The first-order valence-electron chi connectivity index (χ1n) is 18.7. The Kier molecular flexibility index (Phi) is 12.4. The van der Waals surface area contributed by atoms with Crippen LogP contribution in [0.4, 0.5) is 13.2 Å². The second kappa shape index (κ2) is 17.9. The van der Waals surface area contributed by atoms with Gasteiger partial charge in [-0.05, 0) is 78.4 Å². The summed E-state index contributed by atoms with van der Waals surface area (Å²) in [6.07, 6.45) is -4.82. The lowest BCUT2D eigenvalue weighted by molar-refractivity contribution is -0.274. The summed E-state index contributed by atoms with van der Waals surface area (Å²) in [7, 11) is 0. The standard InChI is InChI=1S/C23H17F3N2O5.C22H16Cl2N2O4/c24-23(25,26)33-14-5-1-4-13(10-14)11-28-16-7-2-6-15(22(27)31)20(16)21-17(28)8-3-9-18(21)32-12-19(29)30;23-14-5-2-6-15(24)13(14)10-26-16-7-1-4-12(22(25)29)20(16)21-17(26)8-3-9-18(21)30-11-19(27)28/h1-10H,11-12H2,(H2,27,31)(H,29,30);1-9H,10-11H2,(H2,25,29)(H,27,28). The first kappa shape index (κ1) is 43.7. The quantitative estimate of drug-likeness (QED) is 0.0872. The smallest absolute Gasteiger partial charge is 0.481 e. The van der Waals surface area contributed by atoms with Crippen LogP contribution in [0.15, 0.2) is 115 Å². The summed E-state index contributed by atoms with van der Waals surface area (Å²) in [5.74, 6) is -3.33. The van der Waals surface area contributed by atoms with Crippen molar-refractivity contribution in [3.05, 3.63) is 148 Å². The number of amides is 2. The molecule has 6 N–H and O–H groups in total. The van der Waals surface area contributed by atoms with E-state index in [-0.39, 0.29) is 23.6 Å². The molecule has 0 aliphatic rings. The van der Waals surface area contributed by atoms with Crippen LogP contribution in [-0.4, -0.2) is 62.7 Å². The van der Waals surface area contributed by atoms with E-state index in [1.807, 2.05) is 16.7 Å². The predicted octanol–water partition coefficient (Wildman–Crippen LogP) is 9.02. The van der Waals surface area contributed by atoms with Crippen molar-refractivity contribution in [1.29, 1.82) is 0 Å². The first-order valence-corrected chi connectivity index (χ1v) is 19.4. The minimum Gasteiger partial charge on any atom is -0.481 e. The summed E-state index contributed by atoms with van der Waals surface area (Å²) in [5.41, 5.74) is 15.6. The van der Waals surface area contributed by atoms with Crippen molar-refractivity contribution in [2.24, 2.45) is 11.5 Å². The molecule has 13 nitrogen and oxygen atoms in total. The van der Waals surface area contributed by atoms with E-state index in [1.165, 1.54) is 18.2 Å². The van der Waals surface area contributed by atoms with Gasteiger partial charge < -0.3 is 45.0 Å². The van der Waals surface area contributed by atoms with Crippen LogP contribution in [0.25, 0.3) is 43.6 Å². The van der Waals surface area contributed by atoms with Gasteiger partial charge in [0.2, 0.25) is 11.8 Å². The summed E-state index contributed by atoms with van der Waals surface area (Å²) in [5, 5.41) is 21.2. The Morgan fingerprint density at radius 3 is 1.43 bits per heavy atom. The average molecular weight is 902 g/mol. The molecule has 2 aromatic heterocycles. The molecule has 63 heavy (non-hydrogen) atoms. The van der Waals surface area contributed by atoms with Gasteiger partial charge in [0.15, 0.2) is 13.2 Å². The predicted molar refractivity (Wildman–Crippen MR) is 230 cm³/mol. The molecular formula is C45H33Cl2F3N4O9. The van der Waals surface area contributed by atoms with Crippen LogP contribution in [0.2, 0.25) is 10.0 Å². The summed E-state index contributed by atoms with van der Waals surface area (Å²) in [6.45, 7) is -0.634. The number of halogens is 5. The lowest BCUT2D eigenvalue weighted by Gasteiger charge is -2.12. The molecule has 8 aromatic rings. The summed E-state index contributed by atoms with van der Waals surface area (Å²) in [6, 6.07) is 31.2. The van der Waals surface area contributed by atoms with Gasteiger partial charge >= 0.3 is 18.3 Å². The molecule has 6 aromatic carbocycles. The summed E-state index contributed by atoms with van der Waals surface area (Å²) < 4.78 is 56.6. The molecule has 0 bridgehead atoms. The number of aliphatic carboxylic acids is 2. The molecule has 2 amide bonds. The van der Waals surface area contributed by atoms with E-state index >= 15 is 0 Å². The van der Waals surface area contributed by atoms with Gasteiger partial charge in [0.25, 0.3) is 0 Å². The molecule has 0 fully saturated rings. The number of carbonyl (C=O) groups excluding carboxylic acids is 2. The van der Waals surface area contributed by atoms with Crippen molar-refractivity contribution in [1.82, 2.24) is 9.13 Å². The van der Waals surface area contributed by atoms with Crippen LogP contribution in [0.1, 0.15) is 31.8 Å². The van der Waals surface area contributed by atoms with E-state index in [0.29, 0.717) is 66.0 Å². The third kappa shape index (κ3) is 9.27. The number of alkyl halides is 3. The maximum atomic E-state index is 12.6. The average Bonchev–Trinajstić information content (AvgIpc) is 3.73. The highest BCUT2D eigenvalue weighted by atomic mass is 35.5. The maximum Gasteiger partial charge on any atom is 0.573 e. The van der Waals surface area contributed by atoms with Gasteiger partial charge in [0.1, 0.15) is 17.2 Å². The van der Waals surface area contributed by atoms with Crippen molar-refractivity contribution in [2.45, 2.75) is 19.5 Å². The number of nitrogens with zero attached hydrogens (tertiary/aromatic N) is 2. The van der Waals surface area contributed by atoms with Crippen molar-refractivity contribution >= 4 is 90.6 Å². The zero-order valence-electron chi connectivity index (χ0n) is 32.5. The second-order valence-corrected chi connectivity index (χ2v) is 14.7. The van der Waals surface area contributed by atoms with E-state index in [1.54, 1.807) is 89.5 Å². The normalized spacial score (nSPS) is 11.4. The number of carbonyl (C=O) groups is 4. The number of hydrogen-bond donors (Lipinski definition) is 4. The number of primary amides is 2. The molecular weight excluding hydrogens is 868 g/mol. The number of aromatic nitrogens is 2. The number of rotatable bonds is 13. The Morgan fingerprint density at radius 2 is 0.984 bits per heavy atom. The molecule has 0 aliphatic carbocycles. The lowest BCUT2D eigenvalue weighted by Crippen LogP contribution is -2.17. The molecule has 0 aliphatic heterocycles. The summed E-state index contributed by atoms with van der Waals surface area (Å²) in [4.78, 5) is 46.3. The van der Waals surface area contributed by atoms with Gasteiger partial charge in [-0.15, -0.1) is 13.2 Å². The van der Waals surface area contributed by atoms with Gasteiger partial charge in [0, 0.05) is 44.1 Å². The first-order chi connectivity index (χ1) is 30.0. The van der Waals surface area contributed by atoms with Crippen LogP contribution < -0.4 is 25.7 Å². The number of carboxylic acids is 2. The van der Waals surface area contributed by atoms with Crippen molar-refractivity contribution in [2.75, 3.05) is 13.2 Å². The highest BCUT2D eigenvalue weighted by molar-refractivity contribution is 6.36. The molecule has 18 heteroatoms. The Morgan fingerprint density at radius 1 is 0.571 bits per heavy atom. The van der Waals surface area contributed by atoms with Crippen molar-refractivity contribution in [3.63, 3.8) is 0 Å². The van der Waals surface area contributed by atoms with E-state index in [0.717, 1.165) is 16.6 Å². The number of benzene rings is 6. The van der Waals surface area contributed by atoms with Crippen LogP contribution in [-0.2, 0) is 22.7 Å². The fourth-order valence-corrected chi connectivity index (χ4v) is 7.96. The molecule has 0 atom stereocenters. The van der Waals surface area contributed by atoms with Crippen molar-refractivity contribution in [3.8, 4) is 17.2 Å². The van der Waals surface area contributed by atoms with Gasteiger partial charge in [-0.25, -0.2) is 9.59 Å². The molecule has 8 rings (SSSR count). The number of ether oxygens (including phenoxy) is 3. The number of nitrogens with two attached hydrogens (primary N) is 2. The molecule has 0 unspecified atom stereocenters. The lowest BCUT2D eigenvalue weighted by atomic mass is 10.1. The Bertz CT molecular complexity index is 3090. The molecule has 322 valence electrons. The third-order valence-electron chi connectivity index (χ3n) is 9.84. The SMILES string of the molecule is NC(=O)c1cccc2c1c1c(OCC(=O)O)cccc1n2Cc1c(Cl)cccc1Cl.NC(=O)c1cccc2c1c1c(OCC(=O)O)cccc1n2Cc1cccc(OC(F)(F)F)c1. The minimum absolute atomic E-state index is 0.139. The Labute approximate surface area is 364 Å². The number of carboxylic acid groups (broad SMARTS) is 2. The molecule has 2 heterocycles. The summed E-state index contributed by atoms with van der Waals surface area (Å²) >= 11 is 12.8. The van der Waals surface area contributed by atoms with Crippen molar-refractivity contribution < 1.29 is 56.8 Å². The third-order valence-corrected chi connectivity index (χ3v) is 10.5. The maximum absolute atomic E-state index is 12.6. The molecule has 0 spiro atoms. The largest absolute Gasteiger partial charge is 0.573 e. The fraction of sp³-hybridized carbons (Fsp3) is 0.111. The highest BCUT2D eigenvalue weighted by Gasteiger charge is 2.31. The Balaban J connectivity index is 0.000000190. The van der Waals surface area contributed by atoms with E-state index in [2.05, 4.69) is 4.74 Å². The molecule has 0 saturated carbocycles. The monoisotopic (exact) mass is 900 g/mol. The van der Waals surface area contributed by atoms with Crippen LogP contribution in [0.5, 0.6) is 17.2 Å². The van der Waals surface area contributed by atoms with E-state index < -0.39 is 43.3 Å². The zero-order valence-corrected chi connectivity index (χ0v) is 34.0. The fourth-order valence-electron chi connectivity index (χ4n) is 7.44. The number of hydrogen-bond acceptors (Lipinski definition) is 7. The molecule has 0 saturated heterocycles. The van der Waals surface area contributed by atoms with Gasteiger partial charge in [0.05, 0.1) is 39.4 Å². The van der Waals surface area contributed by atoms with Gasteiger partial charge in [-0.1, -0.05) is 65.7 Å². The zero-order chi connectivity index (χ0) is 45.2. The van der Waals surface area contributed by atoms with Crippen LogP contribution >= 0.6 is 23.2 Å². The van der Waals surface area contributed by atoms with E-state index in [4.69, 9.17) is 54.4 Å². The highest BCUT2D eigenvalue weighted by Crippen LogP contribution is 2.40. The molecule has 0 radical (unpaired) electrons. The van der Waals surface area contributed by atoms with Gasteiger partial charge in [-0.2, -0.15) is 0 Å². The topological polar surface area (TPSA) is 198 Å². The van der Waals surface area contributed by atoms with Crippen LogP contribution in [0.3, 0.4) is 0 Å². The van der Waals surface area contributed by atoms with E-state index in [9.17, 15) is 32.3 Å². The minimum atomic E-state index is -4.82. The number of fused-ring (bicyclic) bond motifs is 6. The van der Waals surface area contributed by atoms with Crippen LogP contribution in [0, 0.1) is 0 Å².